The van der Waals surface area contributed by atoms with Crippen LogP contribution in [0.5, 0.6) is 0 Å². The normalized spacial score (nSPS) is 11.2. The topological polar surface area (TPSA) is 34.4 Å². The molecule has 3 aromatic heterocycles. The molecule has 0 bridgehead atoms. The summed E-state index contributed by atoms with van der Waals surface area (Å²) in [7, 11) is 0. The van der Waals surface area contributed by atoms with Gasteiger partial charge < -0.3 is 0 Å². The first-order chi connectivity index (χ1) is 8.20. The van der Waals surface area contributed by atoms with Crippen LogP contribution in [-0.4, -0.2) is 15.7 Å². The Bertz CT molecular complexity index is 713. The lowest BCUT2D eigenvalue weighted by molar-refractivity contribution is 0.111. The summed E-state index contributed by atoms with van der Waals surface area (Å²) >= 11 is 14.7. The van der Waals surface area contributed by atoms with Crippen LogP contribution in [0, 0.1) is 0 Å². The molecular formula is C10H4Cl2N2OS2. The highest BCUT2D eigenvalue weighted by molar-refractivity contribution is 7.20. The average Bonchev–Trinajstić information content (AvgIpc) is 2.91. The van der Waals surface area contributed by atoms with Crippen LogP contribution in [0.25, 0.3) is 16.2 Å². The summed E-state index contributed by atoms with van der Waals surface area (Å²) in [4.78, 5) is 16.3. The van der Waals surface area contributed by atoms with Crippen LogP contribution in [0.4, 0.5) is 0 Å². The molecule has 0 spiro atoms. The van der Waals surface area contributed by atoms with Gasteiger partial charge in [-0.1, -0.05) is 23.2 Å². The first-order valence-electron chi connectivity index (χ1n) is 4.56. The Morgan fingerprint density at radius 1 is 1.41 bits per heavy atom. The number of aromatic nitrogens is 2. The SMILES string of the molecule is O=Cc1c(-c2cc(Cl)sc2Cl)nc2sccn12. The monoisotopic (exact) mass is 302 g/mol. The predicted octanol–water partition coefficient (Wildman–Crippen LogP) is 4.24. The van der Waals surface area contributed by atoms with Gasteiger partial charge in [0.2, 0.25) is 0 Å². The van der Waals surface area contributed by atoms with Crippen LogP contribution in [0.2, 0.25) is 8.67 Å². The van der Waals surface area contributed by atoms with Gasteiger partial charge in [0, 0.05) is 17.1 Å². The number of rotatable bonds is 2. The number of thiophene rings is 1. The molecule has 0 aliphatic rings. The van der Waals surface area contributed by atoms with Crippen molar-refractivity contribution in [1.29, 1.82) is 0 Å². The highest BCUT2D eigenvalue weighted by atomic mass is 35.5. The molecule has 0 saturated heterocycles. The van der Waals surface area contributed by atoms with Gasteiger partial charge in [-0.05, 0) is 6.07 Å². The summed E-state index contributed by atoms with van der Waals surface area (Å²) in [6.07, 6.45) is 2.59. The van der Waals surface area contributed by atoms with Gasteiger partial charge in [-0.2, -0.15) is 0 Å². The summed E-state index contributed by atoms with van der Waals surface area (Å²) in [5.74, 6) is 0. The van der Waals surface area contributed by atoms with E-state index in [1.54, 1.807) is 10.5 Å². The van der Waals surface area contributed by atoms with Crippen LogP contribution in [0.3, 0.4) is 0 Å². The molecule has 0 fully saturated rings. The molecule has 0 aromatic carbocycles. The van der Waals surface area contributed by atoms with Gasteiger partial charge in [-0.15, -0.1) is 22.7 Å². The molecule has 7 heteroatoms. The maximum Gasteiger partial charge on any atom is 0.194 e. The molecule has 0 aliphatic heterocycles. The molecule has 3 aromatic rings. The minimum absolute atomic E-state index is 0.498. The smallest absolute Gasteiger partial charge is 0.194 e. The largest absolute Gasteiger partial charge is 0.296 e. The van der Waals surface area contributed by atoms with E-state index >= 15 is 0 Å². The Hall–Kier alpha value is -0.880. The lowest BCUT2D eigenvalue weighted by Crippen LogP contribution is -1.89. The number of hydrogen-bond acceptors (Lipinski definition) is 4. The summed E-state index contributed by atoms with van der Waals surface area (Å²) in [5.41, 5.74) is 1.79. The third-order valence-electron chi connectivity index (χ3n) is 2.32. The summed E-state index contributed by atoms with van der Waals surface area (Å²) in [6.45, 7) is 0. The molecule has 0 N–H and O–H groups in total. The van der Waals surface area contributed by atoms with E-state index in [0.717, 1.165) is 11.2 Å². The average molecular weight is 303 g/mol. The van der Waals surface area contributed by atoms with Crippen molar-refractivity contribution in [2.24, 2.45) is 0 Å². The van der Waals surface area contributed by atoms with Crippen LogP contribution in [0.15, 0.2) is 17.6 Å². The number of carbonyl (C=O) groups is 1. The van der Waals surface area contributed by atoms with Gasteiger partial charge in [0.1, 0.15) is 15.7 Å². The van der Waals surface area contributed by atoms with Crippen molar-refractivity contribution in [2.45, 2.75) is 0 Å². The van der Waals surface area contributed by atoms with Crippen LogP contribution < -0.4 is 0 Å². The number of aldehydes is 1. The number of nitrogens with zero attached hydrogens (tertiary/aromatic N) is 2. The van der Waals surface area contributed by atoms with Crippen molar-refractivity contribution in [3.8, 4) is 11.3 Å². The Balaban J connectivity index is 2.33. The molecule has 0 unspecified atom stereocenters. The van der Waals surface area contributed by atoms with Crippen molar-refractivity contribution in [3.05, 3.63) is 32.0 Å². The quantitative estimate of drug-likeness (QED) is 0.663. The first kappa shape index (κ1) is 11.2. The van der Waals surface area contributed by atoms with Gasteiger partial charge in [0.15, 0.2) is 11.2 Å². The second-order valence-corrected chi connectivity index (χ2v) is 6.42. The highest BCUT2D eigenvalue weighted by Gasteiger charge is 2.18. The zero-order valence-corrected chi connectivity index (χ0v) is 11.3. The molecule has 0 amide bonds. The number of hydrogen-bond donors (Lipinski definition) is 0. The molecule has 0 saturated carbocycles. The molecule has 3 heterocycles. The maximum absolute atomic E-state index is 11.2. The highest BCUT2D eigenvalue weighted by Crippen LogP contribution is 2.39. The Morgan fingerprint density at radius 3 is 2.88 bits per heavy atom. The minimum atomic E-state index is 0.498. The van der Waals surface area contributed by atoms with Crippen molar-refractivity contribution in [1.82, 2.24) is 9.38 Å². The van der Waals surface area contributed by atoms with Gasteiger partial charge in [0.05, 0.1) is 4.34 Å². The fourth-order valence-corrected chi connectivity index (χ4v) is 3.80. The van der Waals surface area contributed by atoms with Crippen LogP contribution in [-0.2, 0) is 0 Å². The van der Waals surface area contributed by atoms with Crippen molar-refractivity contribution in [2.75, 3.05) is 0 Å². The molecule has 86 valence electrons. The first-order valence-corrected chi connectivity index (χ1v) is 7.02. The van der Waals surface area contributed by atoms with Crippen LogP contribution >= 0.6 is 45.9 Å². The molecule has 0 atom stereocenters. The third kappa shape index (κ3) is 1.70. The zero-order chi connectivity index (χ0) is 12.0. The summed E-state index contributed by atoms with van der Waals surface area (Å²) in [5, 5.41) is 1.88. The van der Waals surface area contributed by atoms with E-state index in [1.807, 2.05) is 11.6 Å². The second-order valence-electron chi connectivity index (χ2n) is 3.26. The minimum Gasteiger partial charge on any atom is -0.296 e. The zero-order valence-electron chi connectivity index (χ0n) is 8.18. The Morgan fingerprint density at radius 2 is 2.24 bits per heavy atom. The van der Waals surface area contributed by atoms with Gasteiger partial charge in [-0.25, -0.2) is 4.98 Å². The lowest BCUT2D eigenvalue weighted by atomic mass is 10.2. The summed E-state index contributed by atoms with van der Waals surface area (Å²) in [6, 6.07) is 1.73. The van der Waals surface area contributed by atoms with E-state index in [2.05, 4.69) is 4.98 Å². The van der Waals surface area contributed by atoms with Crippen LogP contribution in [0.1, 0.15) is 10.5 Å². The standard InChI is InChI=1S/C10H4Cl2N2OS2/c11-7-3-5(9(12)17-7)8-6(4-15)14-1-2-16-10(14)13-8/h1-4H. The molecule has 3 rings (SSSR count). The third-order valence-corrected chi connectivity index (χ3v) is 4.57. The summed E-state index contributed by atoms with van der Waals surface area (Å²) < 4.78 is 2.87. The van der Waals surface area contributed by atoms with E-state index in [-0.39, 0.29) is 0 Å². The number of carbonyl (C=O) groups excluding carboxylic acids is 1. The predicted molar refractivity (Wildman–Crippen MR) is 71.8 cm³/mol. The van der Waals surface area contributed by atoms with E-state index < -0.39 is 0 Å². The van der Waals surface area contributed by atoms with E-state index in [1.165, 1.54) is 22.7 Å². The van der Waals surface area contributed by atoms with E-state index in [0.29, 0.717) is 25.6 Å². The van der Waals surface area contributed by atoms with Crippen molar-refractivity contribution < 1.29 is 4.79 Å². The fourth-order valence-electron chi connectivity index (χ4n) is 1.62. The molecular weight excluding hydrogens is 299 g/mol. The number of halogens is 2. The fraction of sp³-hybridized carbons (Fsp3) is 0. The van der Waals surface area contributed by atoms with Crippen molar-refractivity contribution in [3.63, 3.8) is 0 Å². The maximum atomic E-state index is 11.2. The molecule has 17 heavy (non-hydrogen) atoms. The number of thiazole rings is 1. The second kappa shape index (κ2) is 4.10. The van der Waals surface area contributed by atoms with Crippen molar-refractivity contribution >= 4 is 57.1 Å². The van der Waals surface area contributed by atoms with E-state index in [9.17, 15) is 4.79 Å². The number of imidazole rings is 1. The number of fused-ring (bicyclic) bond motifs is 1. The van der Waals surface area contributed by atoms with E-state index in [4.69, 9.17) is 23.2 Å². The molecule has 3 nitrogen and oxygen atoms in total. The lowest BCUT2D eigenvalue weighted by Gasteiger charge is -1.94. The molecule has 0 radical (unpaired) electrons. The molecule has 0 aliphatic carbocycles. The Kier molecular flexibility index (Phi) is 2.71. The van der Waals surface area contributed by atoms with Gasteiger partial charge in [0.25, 0.3) is 0 Å². The van der Waals surface area contributed by atoms with Gasteiger partial charge >= 0.3 is 0 Å². The Labute approximate surface area is 114 Å². The van der Waals surface area contributed by atoms with Gasteiger partial charge in [-0.3, -0.25) is 9.20 Å².